The van der Waals surface area contributed by atoms with Gasteiger partial charge in [-0.1, -0.05) is 18.5 Å². The average molecular weight is 359 g/mol. The molecule has 5 nitrogen and oxygen atoms in total. The number of hydrogen-bond acceptors (Lipinski definition) is 5. The van der Waals surface area contributed by atoms with Gasteiger partial charge in [0.1, 0.15) is 22.5 Å². The molecule has 2 aliphatic heterocycles. The fraction of sp³-hybridized carbons (Fsp3) is 0.688. The van der Waals surface area contributed by atoms with Crippen molar-refractivity contribution in [1.29, 1.82) is 0 Å². The summed E-state index contributed by atoms with van der Waals surface area (Å²) in [6.45, 7) is 10.9. The highest BCUT2D eigenvalue weighted by atomic mass is 35.5. The van der Waals surface area contributed by atoms with Gasteiger partial charge in [0.25, 0.3) is 0 Å². The minimum atomic E-state index is -1.22. The number of pyridine rings is 1. The number of ether oxygens (including phenoxy) is 2. The van der Waals surface area contributed by atoms with Crippen molar-refractivity contribution in [2.45, 2.75) is 56.9 Å². The van der Waals surface area contributed by atoms with Crippen molar-refractivity contribution in [3.05, 3.63) is 22.5 Å². The highest BCUT2D eigenvalue weighted by Crippen LogP contribution is 2.47. The lowest BCUT2D eigenvalue weighted by Gasteiger charge is -2.33. The highest BCUT2D eigenvalue weighted by molar-refractivity contribution is 7.90. The van der Waals surface area contributed by atoms with Crippen LogP contribution in [0.3, 0.4) is 0 Å². The van der Waals surface area contributed by atoms with Gasteiger partial charge in [-0.3, -0.25) is 0 Å². The molecule has 0 radical (unpaired) electrons. The Labute approximate surface area is 145 Å². The largest absolute Gasteiger partial charge is 0.598 e. The Morgan fingerprint density at radius 1 is 1.43 bits per heavy atom. The van der Waals surface area contributed by atoms with Crippen LogP contribution >= 0.6 is 11.6 Å². The molecule has 1 N–H and O–H groups in total. The molecule has 3 rings (SSSR count). The summed E-state index contributed by atoms with van der Waals surface area (Å²) in [5.41, 5.74) is 0.821. The lowest BCUT2D eigenvalue weighted by atomic mass is 9.89. The molecule has 128 valence electrons. The summed E-state index contributed by atoms with van der Waals surface area (Å²) in [5.74, 6) is 0.583. The summed E-state index contributed by atoms with van der Waals surface area (Å²) in [4.78, 5) is 4.42. The number of aromatic nitrogens is 1. The lowest BCUT2D eigenvalue weighted by Crippen LogP contribution is -2.52. The van der Waals surface area contributed by atoms with Crippen molar-refractivity contribution >= 4 is 23.0 Å². The Hall–Kier alpha value is -0.530. The number of epoxide rings is 1. The van der Waals surface area contributed by atoms with Gasteiger partial charge in [-0.25, -0.2) is 4.98 Å². The van der Waals surface area contributed by atoms with Crippen molar-refractivity contribution in [3.8, 4) is 5.75 Å². The summed E-state index contributed by atoms with van der Waals surface area (Å²) < 4.78 is 26.9. The molecule has 0 saturated carbocycles. The van der Waals surface area contributed by atoms with Crippen LogP contribution in [0.2, 0.25) is 5.15 Å². The Kier molecular flexibility index (Phi) is 4.13. The minimum absolute atomic E-state index is 0.341. The van der Waals surface area contributed by atoms with E-state index in [-0.39, 0.29) is 10.3 Å². The molecular weight excluding hydrogens is 336 g/mol. The number of nitrogens with one attached hydrogen (secondary N) is 1. The van der Waals surface area contributed by atoms with E-state index in [1.54, 1.807) is 0 Å². The van der Waals surface area contributed by atoms with E-state index in [1.165, 1.54) is 0 Å². The molecule has 0 amide bonds. The number of halogens is 1. The summed E-state index contributed by atoms with van der Waals surface area (Å²) in [7, 11) is 0. The maximum Gasteiger partial charge on any atom is 0.171 e. The number of rotatable bonds is 4. The van der Waals surface area contributed by atoms with Crippen molar-refractivity contribution < 1.29 is 14.0 Å². The van der Waals surface area contributed by atoms with Crippen molar-refractivity contribution in [3.63, 3.8) is 0 Å². The smallest absolute Gasteiger partial charge is 0.171 e. The monoisotopic (exact) mass is 358 g/mol. The SMILES string of the molecule is CCC1(N[S+]([O-])C(C)(C)C)COc2c1cc(C1(C)CO1)nc2Cl. The molecule has 3 heterocycles. The predicted octanol–water partition coefficient (Wildman–Crippen LogP) is 3.03. The fourth-order valence-electron chi connectivity index (χ4n) is 2.57. The first-order chi connectivity index (χ1) is 10.6. The van der Waals surface area contributed by atoms with E-state index in [4.69, 9.17) is 21.1 Å². The molecule has 0 spiro atoms. The maximum absolute atomic E-state index is 12.6. The van der Waals surface area contributed by atoms with E-state index in [0.29, 0.717) is 24.1 Å². The van der Waals surface area contributed by atoms with E-state index in [2.05, 4.69) is 16.6 Å². The molecule has 3 atom stereocenters. The van der Waals surface area contributed by atoms with E-state index >= 15 is 0 Å². The average Bonchev–Trinajstić information content (AvgIpc) is 3.11. The summed E-state index contributed by atoms with van der Waals surface area (Å²) in [5, 5.41) is 0.341. The van der Waals surface area contributed by atoms with Crippen LogP contribution in [0.25, 0.3) is 0 Å². The van der Waals surface area contributed by atoms with Crippen molar-refractivity contribution in [2.75, 3.05) is 13.2 Å². The molecule has 1 fully saturated rings. The van der Waals surface area contributed by atoms with Crippen LogP contribution in [0.1, 0.15) is 52.3 Å². The number of fused-ring (bicyclic) bond motifs is 1. The van der Waals surface area contributed by atoms with Gasteiger partial charge in [-0.15, -0.1) is 4.72 Å². The first kappa shape index (κ1) is 17.3. The van der Waals surface area contributed by atoms with Gasteiger partial charge in [0.2, 0.25) is 0 Å². The molecule has 1 aromatic heterocycles. The Morgan fingerprint density at radius 2 is 2.09 bits per heavy atom. The highest BCUT2D eigenvalue weighted by Gasteiger charge is 2.49. The number of nitrogens with zero attached hydrogens (tertiary/aromatic N) is 1. The standard InChI is InChI=1S/C16H23ClN2O3S/c1-6-16(19-23(20)14(2,3)4)9-21-12-10(16)7-11(18-13(12)17)15(5)8-22-15/h7,19H,6,8-9H2,1-5H3. The number of hydrogen-bond donors (Lipinski definition) is 1. The van der Waals surface area contributed by atoms with Gasteiger partial charge in [0, 0.05) is 16.9 Å². The summed E-state index contributed by atoms with van der Waals surface area (Å²) >= 11 is 5.11. The van der Waals surface area contributed by atoms with Crippen LogP contribution in [0.15, 0.2) is 6.07 Å². The van der Waals surface area contributed by atoms with Gasteiger partial charge in [-0.05, 0) is 40.2 Å². The van der Waals surface area contributed by atoms with Crippen LogP contribution < -0.4 is 9.46 Å². The van der Waals surface area contributed by atoms with Crippen LogP contribution in [0.5, 0.6) is 5.75 Å². The van der Waals surface area contributed by atoms with E-state index in [1.807, 2.05) is 33.8 Å². The summed E-state index contributed by atoms with van der Waals surface area (Å²) in [6.07, 6.45) is 0.735. The molecule has 1 saturated heterocycles. The van der Waals surface area contributed by atoms with Crippen LogP contribution in [0, 0.1) is 0 Å². The van der Waals surface area contributed by atoms with Crippen LogP contribution in [-0.2, 0) is 27.2 Å². The molecule has 2 aliphatic rings. The Morgan fingerprint density at radius 3 is 2.61 bits per heavy atom. The molecule has 0 aliphatic carbocycles. The first-order valence-electron chi connectivity index (χ1n) is 7.79. The molecule has 23 heavy (non-hydrogen) atoms. The molecule has 0 aromatic carbocycles. The summed E-state index contributed by atoms with van der Waals surface area (Å²) in [6, 6.07) is 1.98. The second-order valence-corrected chi connectivity index (χ2v) is 9.73. The maximum atomic E-state index is 12.6. The first-order valence-corrected chi connectivity index (χ1v) is 9.32. The van der Waals surface area contributed by atoms with Gasteiger partial charge < -0.3 is 14.0 Å². The van der Waals surface area contributed by atoms with E-state index < -0.39 is 16.9 Å². The van der Waals surface area contributed by atoms with Gasteiger partial charge in [0.15, 0.2) is 10.9 Å². The lowest BCUT2D eigenvalue weighted by molar-refractivity contribution is 0.245. The predicted molar refractivity (Wildman–Crippen MR) is 91.0 cm³/mol. The second-order valence-electron chi connectivity index (χ2n) is 7.40. The van der Waals surface area contributed by atoms with Crippen LogP contribution in [0.4, 0.5) is 0 Å². The van der Waals surface area contributed by atoms with Crippen molar-refractivity contribution in [2.24, 2.45) is 0 Å². The molecular formula is C16H23ClN2O3S. The minimum Gasteiger partial charge on any atom is -0.598 e. The van der Waals surface area contributed by atoms with Gasteiger partial charge in [-0.2, -0.15) is 0 Å². The fourth-order valence-corrected chi connectivity index (χ4v) is 3.80. The third-order valence-electron chi connectivity index (χ3n) is 4.48. The Balaban J connectivity index is 2.02. The molecule has 1 aromatic rings. The van der Waals surface area contributed by atoms with E-state index in [0.717, 1.165) is 17.7 Å². The third-order valence-corrected chi connectivity index (χ3v) is 6.42. The van der Waals surface area contributed by atoms with Gasteiger partial charge in [0.05, 0.1) is 12.3 Å². The third kappa shape index (κ3) is 2.96. The Bertz CT molecular complexity index is 630. The topological polar surface area (TPSA) is 69.7 Å². The second kappa shape index (κ2) is 5.49. The van der Waals surface area contributed by atoms with Crippen molar-refractivity contribution in [1.82, 2.24) is 9.71 Å². The normalized spacial score (nSPS) is 30.7. The molecule has 3 unspecified atom stereocenters. The zero-order valence-electron chi connectivity index (χ0n) is 14.2. The van der Waals surface area contributed by atoms with E-state index in [9.17, 15) is 4.55 Å². The zero-order chi connectivity index (χ0) is 17.0. The quantitative estimate of drug-likeness (QED) is 0.509. The zero-order valence-corrected chi connectivity index (χ0v) is 15.7. The van der Waals surface area contributed by atoms with Crippen LogP contribution in [-0.4, -0.2) is 27.5 Å². The molecule has 7 heteroatoms. The van der Waals surface area contributed by atoms with Gasteiger partial charge >= 0.3 is 0 Å². The molecule has 0 bridgehead atoms.